The van der Waals surface area contributed by atoms with Gasteiger partial charge in [-0.05, 0) is 43.7 Å². The Kier molecular flexibility index (Phi) is 5.06. The molecule has 0 aliphatic carbocycles. The summed E-state index contributed by atoms with van der Waals surface area (Å²) < 4.78 is 20.1. The predicted molar refractivity (Wildman–Crippen MR) is 84.0 cm³/mol. The molecule has 0 heterocycles. The zero-order valence-electron chi connectivity index (χ0n) is 11.2. The summed E-state index contributed by atoms with van der Waals surface area (Å²) in [6, 6.07) is 12.2. The van der Waals surface area contributed by atoms with Crippen LogP contribution < -0.4 is 4.74 Å². The molecule has 20 heavy (non-hydrogen) atoms. The molecule has 0 spiro atoms. The molecule has 0 radical (unpaired) electrons. The van der Waals surface area contributed by atoms with Gasteiger partial charge in [-0.1, -0.05) is 34.1 Å². The Morgan fingerprint density at radius 2 is 1.75 bits per heavy atom. The first-order valence-electron chi connectivity index (χ1n) is 6.33. The summed E-state index contributed by atoms with van der Waals surface area (Å²) in [7, 11) is 0. The second-order valence-electron chi connectivity index (χ2n) is 4.73. The van der Waals surface area contributed by atoms with E-state index in [1.165, 1.54) is 6.07 Å². The van der Waals surface area contributed by atoms with E-state index >= 15 is 0 Å². The van der Waals surface area contributed by atoms with E-state index in [1.807, 2.05) is 38.1 Å². The molecule has 1 atom stereocenters. The van der Waals surface area contributed by atoms with Crippen LogP contribution in [0, 0.1) is 5.82 Å². The fourth-order valence-electron chi connectivity index (χ4n) is 1.91. The quantitative estimate of drug-likeness (QED) is 0.637. The van der Waals surface area contributed by atoms with Crippen LogP contribution in [0.2, 0.25) is 0 Å². The fourth-order valence-corrected chi connectivity index (χ4v) is 2.98. The summed E-state index contributed by atoms with van der Waals surface area (Å²) in [5.74, 6) is 0.460. The van der Waals surface area contributed by atoms with Crippen molar-refractivity contribution in [2.75, 3.05) is 0 Å². The van der Waals surface area contributed by atoms with Gasteiger partial charge in [-0.15, -0.1) is 11.6 Å². The van der Waals surface area contributed by atoms with Crippen LogP contribution in [0.1, 0.15) is 30.4 Å². The van der Waals surface area contributed by atoms with Crippen molar-refractivity contribution in [2.24, 2.45) is 0 Å². The molecule has 0 aliphatic heterocycles. The van der Waals surface area contributed by atoms with Gasteiger partial charge in [0.25, 0.3) is 0 Å². The smallest absolute Gasteiger partial charge is 0.129 e. The predicted octanol–water partition coefficient (Wildman–Crippen LogP) is 5.70. The average Bonchev–Trinajstić information content (AvgIpc) is 2.38. The van der Waals surface area contributed by atoms with Crippen molar-refractivity contribution in [2.45, 2.75) is 25.3 Å². The fraction of sp³-hybridized carbons (Fsp3) is 0.250. The van der Waals surface area contributed by atoms with Crippen LogP contribution in [0.4, 0.5) is 4.39 Å². The van der Waals surface area contributed by atoms with Gasteiger partial charge in [-0.25, -0.2) is 4.39 Å². The molecule has 0 aliphatic rings. The van der Waals surface area contributed by atoms with Crippen LogP contribution in [-0.2, 0) is 0 Å². The van der Waals surface area contributed by atoms with Crippen LogP contribution in [-0.4, -0.2) is 6.10 Å². The lowest BCUT2D eigenvalue weighted by molar-refractivity contribution is 0.242. The van der Waals surface area contributed by atoms with E-state index in [4.69, 9.17) is 16.3 Å². The molecule has 0 N–H and O–H groups in total. The molecule has 2 rings (SSSR count). The molecule has 0 bridgehead atoms. The Morgan fingerprint density at radius 1 is 1.10 bits per heavy atom. The molecule has 0 fully saturated rings. The zero-order chi connectivity index (χ0) is 14.7. The van der Waals surface area contributed by atoms with Crippen molar-refractivity contribution in [1.29, 1.82) is 0 Å². The standard InChI is InChI=1S/C16H15BrClFO/c1-10(2)20-12-8-6-11(7-9-12)16(18)15-13(17)4-3-5-14(15)19/h3-10,16H,1-2H3. The molecule has 106 valence electrons. The highest BCUT2D eigenvalue weighted by molar-refractivity contribution is 9.10. The van der Waals surface area contributed by atoms with Crippen LogP contribution >= 0.6 is 27.5 Å². The summed E-state index contributed by atoms with van der Waals surface area (Å²) >= 11 is 9.73. The van der Waals surface area contributed by atoms with Crippen LogP contribution in [0.5, 0.6) is 5.75 Å². The van der Waals surface area contributed by atoms with Crippen LogP contribution in [0.15, 0.2) is 46.9 Å². The Balaban J connectivity index is 2.27. The van der Waals surface area contributed by atoms with Crippen molar-refractivity contribution < 1.29 is 9.13 Å². The maximum absolute atomic E-state index is 13.9. The lowest BCUT2D eigenvalue weighted by Gasteiger charge is -2.15. The molecule has 0 saturated carbocycles. The van der Waals surface area contributed by atoms with Crippen molar-refractivity contribution in [3.8, 4) is 5.75 Å². The third kappa shape index (κ3) is 3.53. The van der Waals surface area contributed by atoms with Gasteiger partial charge in [0.1, 0.15) is 11.6 Å². The molecule has 0 aromatic heterocycles. The molecule has 2 aromatic rings. The van der Waals surface area contributed by atoms with E-state index < -0.39 is 5.38 Å². The summed E-state index contributed by atoms with van der Waals surface area (Å²) in [5, 5.41) is -0.543. The molecule has 0 saturated heterocycles. The number of benzene rings is 2. The number of halogens is 3. The highest BCUT2D eigenvalue weighted by atomic mass is 79.9. The lowest BCUT2D eigenvalue weighted by atomic mass is 10.0. The third-order valence-electron chi connectivity index (χ3n) is 2.80. The minimum absolute atomic E-state index is 0.119. The summed E-state index contributed by atoms with van der Waals surface area (Å²) in [4.78, 5) is 0. The van der Waals surface area contributed by atoms with Gasteiger partial charge >= 0.3 is 0 Å². The maximum atomic E-state index is 13.9. The van der Waals surface area contributed by atoms with E-state index in [-0.39, 0.29) is 11.9 Å². The number of hydrogen-bond donors (Lipinski definition) is 0. The van der Waals surface area contributed by atoms with Gasteiger partial charge in [-0.2, -0.15) is 0 Å². The third-order valence-corrected chi connectivity index (χ3v) is 3.96. The molecule has 4 heteroatoms. The van der Waals surface area contributed by atoms with Gasteiger partial charge < -0.3 is 4.74 Å². The van der Waals surface area contributed by atoms with E-state index in [9.17, 15) is 4.39 Å². The van der Waals surface area contributed by atoms with Crippen molar-refractivity contribution in [1.82, 2.24) is 0 Å². The molecule has 0 amide bonds. The number of alkyl halides is 1. The molecule has 1 nitrogen and oxygen atoms in total. The SMILES string of the molecule is CC(C)Oc1ccc(C(Cl)c2c(F)cccc2Br)cc1. The average molecular weight is 358 g/mol. The molecule has 2 aromatic carbocycles. The highest BCUT2D eigenvalue weighted by Crippen LogP contribution is 2.36. The topological polar surface area (TPSA) is 9.23 Å². The monoisotopic (exact) mass is 356 g/mol. The summed E-state index contributed by atoms with van der Waals surface area (Å²) in [6.07, 6.45) is 0.119. The highest BCUT2D eigenvalue weighted by Gasteiger charge is 2.18. The number of rotatable bonds is 4. The van der Waals surface area contributed by atoms with Gasteiger partial charge in [0.05, 0.1) is 11.5 Å². The van der Waals surface area contributed by atoms with E-state index in [0.29, 0.717) is 10.0 Å². The van der Waals surface area contributed by atoms with Crippen LogP contribution in [0.3, 0.4) is 0 Å². The number of hydrogen-bond acceptors (Lipinski definition) is 1. The van der Waals surface area contributed by atoms with Gasteiger partial charge in [0.15, 0.2) is 0 Å². The minimum Gasteiger partial charge on any atom is -0.491 e. The van der Waals surface area contributed by atoms with E-state index in [2.05, 4.69) is 15.9 Å². The molecular formula is C16H15BrClFO. The first-order valence-corrected chi connectivity index (χ1v) is 7.56. The first kappa shape index (κ1) is 15.3. The summed E-state index contributed by atoms with van der Waals surface area (Å²) in [5.41, 5.74) is 1.28. The Morgan fingerprint density at radius 3 is 2.30 bits per heavy atom. The number of ether oxygens (including phenoxy) is 1. The normalized spacial score (nSPS) is 12.5. The Hall–Kier alpha value is -1.06. The largest absolute Gasteiger partial charge is 0.491 e. The van der Waals surface area contributed by atoms with Crippen LogP contribution in [0.25, 0.3) is 0 Å². The molecular weight excluding hydrogens is 343 g/mol. The second kappa shape index (κ2) is 6.59. The molecule has 1 unspecified atom stereocenters. The van der Waals surface area contributed by atoms with Gasteiger partial charge in [0.2, 0.25) is 0 Å². The lowest BCUT2D eigenvalue weighted by Crippen LogP contribution is -2.05. The van der Waals surface area contributed by atoms with Gasteiger partial charge in [-0.3, -0.25) is 0 Å². The van der Waals surface area contributed by atoms with Crippen molar-refractivity contribution in [3.05, 3.63) is 63.9 Å². The minimum atomic E-state index is -0.543. The Bertz CT molecular complexity index is 563. The second-order valence-corrected chi connectivity index (χ2v) is 6.02. The summed E-state index contributed by atoms with van der Waals surface area (Å²) in [6.45, 7) is 3.93. The van der Waals surface area contributed by atoms with E-state index in [0.717, 1.165) is 11.3 Å². The van der Waals surface area contributed by atoms with Crippen molar-refractivity contribution >= 4 is 27.5 Å². The van der Waals surface area contributed by atoms with E-state index in [1.54, 1.807) is 12.1 Å². The zero-order valence-corrected chi connectivity index (χ0v) is 13.6. The Labute approximate surface area is 131 Å². The van der Waals surface area contributed by atoms with Gasteiger partial charge in [0, 0.05) is 10.0 Å². The first-order chi connectivity index (χ1) is 9.49. The maximum Gasteiger partial charge on any atom is 0.129 e. The van der Waals surface area contributed by atoms with Crippen molar-refractivity contribution in [3.63, 3.8) is 0 Å².